The van der Waals surface area contributed by atoms with Crippen molar-refractivity contribution in [3.05, 3.63) is 27.3 Å². The predicted molar refractivity (Wildman–Crippen MR) is 52.2 cm³/mol. The molecule has 12 heavy (non-hydrogen) atoms. The molecule has 1 aromatic rings. The van der Waals surface area contributed by atoms with Crippen molar-refractivity contribution < 1.29 is 15.0 Å². The number of carboxylic acids is 1. The summed E-state index contributed by atoms with van der Waals surface area (Å²) in [4.78, 5) is 10.3. The van der Waals surface area contributed by atoms with Gasteiger partial charge >= 0.3 is 5.97 Å². The van der Waals surface area contributed by atoms with Crippen LogP contribution < -0.4 is 0 Å². The lowest BCUT2D eigenvalue weighted by Crippen LogP contribution is -2.00. The summed E-state index contributed by atoms with van der Waals surface area (Å²) >= 11 is 2.05. The van der Waals surface area contributed by atoms with Gasteiger partial charge in [0.2, 0.25) is 0 Å². The highest BCUT2D eigenvalue weighted by Gasteiger charge is 2.05. The van der Waals surface area contributed by atoms with Crippen LogP contribution in [-0.2, 0) is 11.2 Å². The summed E-state index contributed by atoms with van der Waals surface area (Å²) in [6, 6.07) is 4.92. The van der Waals surface area contributed by atoms with E-state index in [2.05, 4.69) is 0 Å². The molecule has 0 saturated heterocycles. The van der Waals surface area contributed by atoms with Crippen molar-refractivity contribution in [2.45, 2.75) is 6.42 Å². The molecule has 0 aliphatic carbocycles. The minimum Gasteiger partial charge on any atom is -0.508 e. The Labute approximate surface area is 83.2 Å². The van der Waals surface area contributed by atoms with E-state index < -0.39 is 5.97 Å². The summed E-state index contributed by atoms with van der Waals surface area (Å²) in [5, 5.41) is 17.7. The van der Waals surface area contributed by atoms with E-state index >= 15 is 0 Å². The Morgan fingerprint density at radius 2 is 2.17 bits per heavy atom. The molecular formula is C8H7IO3. The topological polar surface area (TPSA) is 57.5 Å². The zero-order valence-electron chi connectivity index (χ0n) is 6.12. The second-order valence-electron chi connectivity index (χ2n) is 2.34. The van der Waals surface area contributed by atoms with E-state index in [1.165, 1.54) is 0 Å². The van der Waals surface area contributed by atoms with E-state index in [1.54, 1.807) is 18.2 Å². The number of carbonyl (C=O) groups is 1. The fourth-order valence-electron chi connectivity index (χ4n) is 0.849. The molecule has 4 heteroatoms. The maximum Gasteiger partial charge on any atom is 0.307 e. The maximum absolute atomic E-state index is 10.3. The van der Waals surface area contributed by atoms with Crippen LogP contribution in [0, 0.1) is 3.57 Å². The average Bonchev–Trinajstić information content (AvgIpc) is 1.94. The van der Waals surface area contributed by atoms with Gasteiger partial charge in [0.15, 0.2) is 0 Å². The number of halogens is 1. The summed E-state index contributed by atoms with van der Waals surface area (Å²) in [5.41, 5.74) is 0.447. The number of aliphatic carboxylic acids is 1. The Kier molecular flexibility index (Phi) is 2.91. The first-order valence-electron chi connectivity index (χ1n) is 3.29. The minimum atomic E-state index is -0.938. The third-order valence-corrected chi connectivity index (χ3v) is 2.06. The van der Waals surface area contributed by atoms with Crippen LogP contribution in [0.4, 0.5) is 0 Å². The lowest BCUT2D eigenvalue weighted by molar-refractivity contribution is -0.136. The number of phenolic OH excluding ortho intramolecular Hbond substituents is 1. The molecule has 0 aromatic heterocycles. The van der Waals surface area contributed by atoms with Gasteiger partial charge in [0.25, 0.3) is 0 Å². The second kappa shape index (κ2) is 3.75. The third-order valence-electron chi connectivity index (χ3n) is 1.39. The van der Waals surface area contributed by atoms with Crippen LogP contribution in [0.2, 0.25) is 0 Å². The van der Waals surface area contributed by atoms with Gasteiger partial charge in [0.05, 0.1) is 6.42 Å². The molecule has 0 aliphatic rings. The van der Waals surface area contributed by atoms with E-state index in [1.807, 2.05) is 22.6 Å². The molecule has 0 saturated carbocycles. The smallest absolute Gasteiger partial charge is 0.307 e. The number of benzene rings is 1. The molecule has 2 N–H and O–H groups in total. The van der Waals surface area contributed by atoms with Crippen molar-refractivity contribution in [1.29, 1.82) is 0 Å². The normalized spacial score (nSPS) is 9.75. The standard InChI is InChI=1S/C8H7IO3/c9-6-2-1-5(3-8(11)12)7(10)4-6/h1-2,4,10H,3H2,(H,11,12). The Bertz CT molecular complexity index is 309. The Balaban J connectivity index is 2.93. The van der Waals surface area contributed by atoms with Gasteiger partial charge in [-0.25, -0.2) is 0 Å². The Morgan fingerprint density at radius 3 is 2.67 bits per heavy atom. The number of phenols is 1. The van der Waals surface area contributed by atoms with E-state index in [0.717, 1.165) is 3.57 Å². The zero-order valence-corrected chi connectivity index (χ0v) is 8.28. The lowest BCUT2D eigenvalue weighted by atomic mass is 10.1. The van der Waals surface area contributed by atoms with E-state index in [0.29, 0.717) is 5.56 Å². The summed E-state index contributed by atoms with van der Waals surface area (Å²) < 4.78 is 0.888. The molecule has 0 aliphatic heterocycles. The monoisotopic (exact) mass is 278 g/mol. The molecule has 3 nitrogen and oxygen atoms in total. The molecule has 0 fully saturated rings. The van der Waals surface area contributed by atoms with Crippen LogP contribution in [-0.4, -0.2) is 16.2 Å². The highest BCUT2D eigenvalue weighted by molar-refractivity contribution is 14.1. The van der Waals surface area contributed by atoms with Crippen molar-refractivity contribution in [2.24, 2.45) is 0 Å². The zero-order chi connectivity index (χ0) is 9.14. The van der Waals surface area contributed by atoms with Crippen LogP contribution >= 0.6 is 22.6 Å². The molecule has 0 radical (unpaired) electrons. The largest absolute Gasteiger partial charge is 0.508 e. The second-order valence-corrected chi connectivity index (χ2v) is 3.59. The molecule has 0 heterocycles. The van der Waals surface area contributed by atoms with Crippen LogP contribution in [0.5, 0.6) is 5.75 Å². The molecule has 1 rings (SSSR count). The predicted octanol–water partition coefficient (Wildman–Crippen LogP) is 1.62. The van der Waals surface area contributed by atoms with Gasteiger partial charge in [0, 0.05) is 9.13 Å². The van der Waals surface area contributed by atoms with Gasteiger partial charge in [-0.3, -0.25) is 4.79 Å². The Morgan fingerprint density at radius 1 is 1.50 bits per heavy atom. The fraction of sp³-hybridized carbons (Fsp3) is 0.125. The van der Waals surface area contributed by atoms with Crippen molar-refractivity contribution in [1.82, 2.24) is 0 Å². The SMILES string of the molecule is O=C(O)Cc1ccc(I)cc1O. The molecule has 0 bridgehead atoms. The van der Waals surface area contributed by atoms with Crippen molar-refractivity contribution >= 4 is 28.6 Å². The molecular weight excluding hydrogens is 271 g/mol. The quantitative estimate of drug-likeness (QED) is 0.808. The first-order chi connectivity index (χ1) is 5.59. The average molecular weight is 278 g/mol. The van der Waals surface area contributed by atoms with E-state index in [-0.39, 0.29) is 12.2 Å². The third kappa shape index (κ3) is 2.37. The van der Waals surface area contributed by atoms with Gasteiger partial charge < -0.3 is 10.2 Å². The first kappa shape index (κ1) is 9.31. The molecule has 0 atom stereocenters. The fourth-order valence-corrected chi connectivity index (χ4v) is 1.32. The van der Waals surface area contributed by atoms with Gasteiger partial charge in [-0.2, -0.15) is 0 Å². The summed E-state index contributed by atoms with van der Waals surface area (Å²) in [7, 11) is 0. The lowest BCUT2D eigenvalue weighted by Gasteiger charge is -2.00. The molecule has 64 valence electrons. The number of hydrogen-bond donors (Lipinski definition) is 2. The number of carboxylic acid groups (broad SMARTS) is 1. The van der Waals surface area contributed by atoms with Crippen molar-refractivity contribution in [3.8, 4) is 5.75 Å². The number of aromatic hydroxyl groups is 1. The van der Waals surface area contributed by atoms with Crippen LogP contribution in [0.25, 0.3) is 0 Å². The van der Waals surface area contributed by atoms with E-state index in [4.69, 9.17) is 5.11 Å². The molecule has 0 amide bonds. The number of hydrogen-bond acceptors (Lipinski definition) is 2. The summed E-state index contributed by atoms with van der Waals surface area (Å²) in [6.07, 6.45) is -0.136. The number of rotatable bonds is 2. The molecule has 0 spiro atoms. The first-order valence-corrected chi connectivity index (χ1v) is 4.36. The highest BCUT2D eigenvalue weighted by Crippen LogP contribution is 2.20. The van der Waals surface area contributed by atoms with Crippen molar-refractivity contribution in [2.75, 3.05) is 0 Å². The summed E-state index contributed by atoms with van der Waals surface area (Å²) in [6.45, 7) is 0. The van der Waals surface area contributed by atoms with Crippen LogP contribution in [0.3, 0.4) is 0 Å². The summed E-state index contributed by atoms with van der Waals surface area (Å²) in [5.74, 6) is -0.893. The van der Waals surface area contributed by atoms with Gasteiger partial charge in [-0.05, 0) is 34.7 Å². The van der Waals surface area contributed by atoms with Gasteiger partial charge in [-0.1, -0.05) is 6.07 Å². The van der Waals surface area contributed by atoms with Crippen LogP contribution in [0.1, 0.15) is 5.56 Å². The molecule has 1 aromatic carbocycles. The maximum atomic E-state index is 10.3. The van der Waals surface area contributed by atoms with Crippen LogP contribution in [0.15, 0.2) is 18.2 Å². The highest BCUT2D eigenvalue weighted by atomic mass is 127. The molecule has 0 unspecified atom stereocenters. The Hall–Kier alpha value is -0.780. The minimum absolute atomic E-state index is 0.0456. The van der Waals surface area contributed by atoms with Crippen molar-refractivity contribution in [3.63, 3.8) is 0 Å². The van der Waals surface area contributed by atoms with E-state index in [9.17, 15) is 9.90 Å². The van der Waals surface area contributed by atoms with Gasteiger partial charge in [0.1, 0.15) is 5.75 Å². The van der Waals surface area contributed by atoms with Gasteiger partial charge in [-0.15, -0.1) is 0 Å².